The summed E-state index contributed by atoms with van der Waals surface area (Å²) in [6.45, 7) is 7.72. The number of hydrogen-bond donors (Lipinski definition) is 2. The Labute approximate surface area is 161 Å². The van der Waals surface area contributed by atoms with Crippen molar-refractivity contribution < 1.29 is 19.1 Å². The number of aryl methyl sites for hydroxylation is 1. The van der Waals surface area contributed by atoms with Gasteiger partial charge in [0, 0.05) is 12.0 Å². The average Bonchev–Trinajstić information content (AvgIpc) is 3.16. The van der Waals surface area contributed by atoms with Crippen molar-refractivity contribution in [3.63, 3.8) is 0 Å². The fourth-order valence-electron chi connectivity index (χ4n) is 3.91. The lowest BCUT2D eigenvalue weighted by Crippen LogP contribution is -3.15. The first-order valence-electron chi connectivity index (χ1n) is 9.29. The molecule has 1 aliphatic rings. The van der Waals surface area contributed by atoms with Crippen LogP contribution < -0.4 is 4.90 Å². The standard InChI is InChI=1S/C19H23FN4O2S/c1-4-15-21-19-24(22-15)18(25)17(27-19)16(13-5-7-14(20)8-6-13)23-9-11(2)26-12(3)10-23/h5-8,11-12,16,25H,4,9-10H2,1-3H3/p+1/t11-,12+,16-/m1/s1. The normalized spacial score (nSPS) is 24.4. The summed E-state index contributed by atoms with van der Waals surface area (Å²) in [5, 5.41) is 15.3. The summed E-state index contributed by atoms with van der Waals surface area (Å²) in [6.07, 6.45) is 0.944. The molecule has 4 atom stereocenters. The van der Waals surface area contributed by atoms with Gasteiger partial charge in [-0.2, -0.15) is 4.52 Å². The van der Waals surface area contributed by atoms with Crippen molar-refractivity contribution in [1.82, 2.24) is 14.6 Å². The molecule has 0 bridgehead atoms. The van der Waals surface area contributed by atoms with Crippen molar-refractivity contribution in [2.24, 2.45) is 0 Å². The van der Waals surface area contributed by atoms with Gasteiger partial charge in [-0.3, -0.25) is 0 Å². The van der Waals surface area contributed by atoms with Crippen molar-refractivity contribution in [1.29, 1.82) is 0 Å². The van der Waals surface area contributed by atoms with E-state index in [2.05, 4.69) is 23.9 Å². The zero-order valence-corrected chi connectivity index (χ0v) is 16.5. The van der Waals surface area contributed by atoms with Gasteiger partial charge >= 0.3 is 0 Å². The number of ether oxygens (including phenoxy) is 1. The summed E-state index contributed by atoms with van der Waals surface area (Å²) in [5.41, 5.74) is 0.961. The first-order valence-corrected chi connectivity index (χ1v) is 10.1. The maximum Gasteiger partial charge on any atom is 0.235 e. The van der Waals surface area contributed by atoms with E-state index < -0.39 is 0 Å². The first kappa shape index (κ1) is 18.3. The first-order chi connectivity index (χ1) is 13.0. The fraction of sp³-hybridized carbons (Fsp3) is 0.474. The van der Waals surface area contributed by atoms with Crippen LogP contribution in [0, 0.1) is 5.82 Å². The van der Waals surface area contributed by atoms with Crippen LogP contribution in [0.15, 0.2) is 24.3 Å². The molecule has 4 rings (SSSR count). The third kappa shape index (κ3) is 3.44. The highest BCUT2D eigenvalue weighted by atomic mass is 32.1. The zero-order valence-electron chi connectivity index (χ0n) is 15.6. The largest absolute Gasteiger partial charge is 0.492 e. The molecule has 6 nitrogen and oxygen atoms in total. The van der Waals surface area contributed by atoms with E-state index in [0.29, 0.717) is 17.2 Å². The lowest BCUT2D eigenvalue weighted by molar-refractivity contribution is -0.939. The van der Waals surface area contributed by atoms with E-state index in [0.717, 1.165) is 23.5 Å². The maximum atomic E-state index is 13.5. The Bertz CT molecular complexity index is 929. The number of thiazole rings is 1. The minimum absolute atomic E-state index is 0.114. The molecule has 0 amide bonds. The van der Waals surface area contributed by atoms with E-state index in [1.165, 1.54) is 32.9 Å². The molecule has 0 radical (unpaired) electrons. The second-order valence-electron chi connectivity index (χ2n) is 7.17. The van der Waals surface area contributed by atoms with Gasteiger partial charge in [0.05, 0.1) is 0 Å². The van der Waals surface area contributed by atoms with Crippen LogP contribution in [0.1, 0.15) is 43.1 Å². The molecule has 144 valence electrons. The molecular formula is C19H24FN4O2S+. The van der Waals surface area contributed by atoms with Gasteiger partial charge in [-0.25, -0.2) is 9.37 Å². The SMILES string of the molecule is CCc1nc2sc([C@@H](c3ccc(F)cc3)[NH+]3C[C@@H](C)O[C@@H](C)C3)c(O)n2n1. The van der Waals surface area contributed by atoms with Crippen LogP contribution in [0.3, 0.4) is 0 Å². The highest BCUT2D eigenvalue weighted by Gasteiger charge is 2.37. The van der Waals surface area contributed by atoms with Crippen LogP contribution in [-0.2, 0) is 11.2 Å². The van der Waals surface area contributed by atoms with Crippen LogP contribution in [0.4, 0.5) is 4.39 Å². The molecule has 2 N–H and O–H groups in total. The van der Waals surface area contributed by atoms with Gasteiger partial charge in [-0.15, -0.1) is 5.10 Å². The van der Waals surface area contributed by atoms with Crippen molar-refractivity contribution in [3.8, 4) is 5.88 Å². The highest BCUT2D eigenvalue weighted by Crippen LogP contribution is 2.35. The van der Waals surface area contributed by atoms with Crippen LogP contribution in [-0.4, -0.2) is 45.0 Å². The number of benzene rings is 1. The minimum Gasteiger partial charge on any atom is -0.492 e. The molecule has 3 aromatic rings. The molecule has 0 saturated carbocycles. The number of rotatable bonds is 4. The van der Waals surface area contributed by atoms with Crippen molar-refractivity contribution >= 4 is 16.3 Å². The predicted molar refractivity (Wildman–Crippen MR) is 101 cm³/mol. The average molecular weight is 391 g/mol. The van der Waals surface area contributed by atoms with Gasteiger partial charge in [0.25, 0.3) is 0 Å². The Balaban J connectivity index is 1.81. The lowest BCUT2D eigenvalue weighted by atomic mass is 10.0. The van der Waals surface area contributed by atoms with Crippen LogP contribution in [0.2, 0.25) is 0 Å². The summed E-state index contributed by atoms with van der Waals surface area (Å²) in [5.74, 6) is 0.564. The molecular weight excluding hydrogens is 367 g/mol. The van der Waals surface area contributed by atoms with Gasteiger partial charge < -0.3 is 14.7 Å². The zero-order chi connectivity index (χ0) is 19.1. The van der Waals surface area contributed by atoms with E-state index in [9.17, 15) is 9.50 Å². The number of nitrogens with zero attached hydrogens (tertiary/aromatic N) is 3. The number of hydrogen-bond acceptors (Lipinski definition) is 5. The molecule has 1 saturated heterocycles. The Kier molecular flexibility index (Phi) is 4.88. The molecule has 27 heavy (non-hydrogen) atoms. The third-order valence-corrected chi connectivity index (χ3v) is 6.08. The number of nitrogens with one attached hydrogen (secondary N) is 1. The topological polar surface area (TPSA) is 64.1 Å². The summed E-state index contributed by atoms with van der Waals surface area (Å²) in [6, 6.07) is 6.41. The smallest absolute Gasteiger partial charge is 0.235 e. The predicted octanol–water partition coefficient (Wildman–Crippen LogP) is 1.98. The second-order valence-corrected chi connectivity index (χ2v) is 8.18. The van der Waals surface area contributed by atoms with Crippen LogP contribution in [0.25, 0.3) is 4.96 Å². The molecule has 3 heterocycles. The third-order valence-electron chi connectivity index (χ3n) is 5.00. The van der Waals surface area contributed by atoms with Crippen molar-refractivity contribution in [2.75, 3.05) is 13.1 Å². The summed E-state index contributed by atoms with van der Waals surface area (Å²) in [4.78, 5) is 7.26. The second kappa shape index (κ2) is 7.18. The molecule has 2 aromatic heterocycles. The molecule has 1 fully saturated rings. The van der Waals surface area contributed by atoms with Gasteiger partial charge in [-0.1, -0.05) is 18.3 Å². The number of morpholine rings is 1. The van der Waals surface area contributed by atoms with Crippen molar-refractivity contribution in [2.45, 2.75) is 45.4 Å². The lowest BCUT2D eigenvalue weighted by Gasteiger charge is -2.37. The number of fused-ring (bicyclic) bond motifs is 1. The molecule has 1 aromatic carbocycles. The Morgan fingerprint density at radius 2 is 1.96 bits per heavy atom. The fourth-order valence-corrected chi connectivity index (χ4v) is 5.07. The van der Waals surface area contributed by atoms with Gasteiger partial charge in [0.2, 0.25) is 10.8 Å². The quantitative estimate of drug-likeness (QED) is 0.714. The van der Waals surface area contributed by atoms with Crippen LogP contribution in [0.5, 0.6) is 5.88 Å². The minimum atomic E-state index is -0.268. The molecule has 1 unspecified atom stereocenters. The van der Waals surface area contributed by atoms with Gasteiger partial charge in [0.1, 0.15) is 36.0 Å². The summed E-state index contributed by atoms with van der Waals surface area (Å²) in [7, 11) is 0. The number of quaternary nitrogens is 1. The van der Waals surface area contributed by atoms with Crippen LogP contribution >= 0.6 is 11.3 Å². The van der Waals surface area contributed by atoms with Gasteiger partial charge in [0.15, 0.2) is 11.9 Å². The van der Waals surface area contributed by atoms with E-state index in [1.54, 1.807) is 12.1 Å². The monoisotopic (exact) mass is 391 g/mol. The highest BCUT2D eigenvalue weighted by molar-refractivity contribution is 7.17. The number of aromatic hydroxyl groups is 1. The molecule has 1 aliphatic heterocycles. The van der Waals surface area contributed by atoms with Gasteiger partial charge in [-0.05, 0) is 38.1 Å². The Morgan fingerprint density at radius 1 is 1.30 bits per heavy atom. The van der Waals surface area contributed by atoms with E-state index in [4.69, 9.17) is 4.74 Å². The summed E-state index contributed by atoms with van der Waals surface area (Å²) < 4.78 is 20.9. The van der Waals surface area contributed by atoms with E-state index >= 15 is 0 Å². The van der Waals surface area contributed by atoms with Crippen molar-refractivity contribution in [3.05, 3.63) is 46.3 Å². The maximum absolute atomic E-state index is 13.5. The Morgan fingerprint density at radius 3 is 2.56 bits per heavy atom. The number of halogens is 1. The van der Waals surface area contributed by atoms with E-state index in [-0.39, 0.29) is 29.9 Å². The molecule has 0 aliphatic carbocycles. The molecule has 0 spiro atoms. The Hall–Kier alpha value is -2.03. The van der Waals surface area contributed by atoms with E-state index in [1.807, 2.05) is 6.92 Å². The number of aromatic nitrogens is 3. The molecule has 8 heteroatoms. The summed E-state index contributed by atoms with van der Waals surface area (Å²) >= 11 is 1.45.